The summed E-state index contributed by atoms with van der Waals surface area (Å²) in [6.07, 6.45) is 0. The van der Waals surface area contributed by atoms with Crippen molar-refractivity contribution in [2.45, 2.75) is 13.0 Å². The van der Waals surface area contributed by atoms with Crippen LogP contribution in [-0.2, 0) is 4.79 Å². The number of nitrogens with zero attached hydrogens (tertiary/aromatic N) is 1. The first kappa shape index (κ1) is 9.67. The lowest BCUT2D eigenvalue weighted by Crippen LogP contribution is -2.19. The SMILES string of the molecule is COc1cccc(C(N)C(C)=O)n1. The van der Waals surface area contributed by atoms with Gasteiger partial charge in [-0.3, -0.25) is 4.79 Å². The van der Waals surface area contributed by atoms with Gasteiger partial charge in [0.25, 0.3) is 0 Å². The summed E-state index contributed by atoms with van der Waals surface area (Å²) in [5.41, 5.74) is 6.13. The summed E-state index contributed by atoms with van der Waals surface area (Å²) in [4.78, 5) is 15.0. The van der Waals surface area contributed by atoms with Gasteiger partial charge in [-0.05, 0) is 13.0 Å². The van der Waals surface area contributed by atoms with Crippen molar-refractivity contribution in [2.75, 3.05) is 7.11 Å². The Labute approximate surface area is 76.7 Å². The Kier molecular flexibility index (Phi) is 2.97. The fraction of sp³-hybridized carbons (Fsp3) is 0.333. The molecule has 0 spiro atoms. The summed E-state index contributed by atoms with van der Waals surface area (Å²) in [6, 6.07) is 4.50. The number of Topliss-reactive ketones (excluding diaryl/α,β-unsaturated/α-hetero) is 1. The highest BCUT2D eigenvalue weighted by atomic mass is 16.5. The molecule has 0 fully saturated rings. The predicted molar refractivity (Wildman–Crippen MR) is 48.4 cm³/mol. The number of rotatable bonds is 3. The third kappa shape index (κ3) is 2.26. The Balaban J connectivity index is 2.94. The van der Waals surface area contributed by atoms with E-state index < -0.39 is 6.04 Å². The van der Waals surface area contributed by atoms with E-state index in [1.807, 2.05) is 0 Å². The van der Waals surface area contributed by atoms with Crippen LogP contribution in [0.1, 0.15) is 18.7 Å². The number of carbonyl (C=O) groups excluding carboxylic acids is 1. The summed E-state index contributed by atoms with van der Waals surface area (Å²) in [5, 5.41) is 0. The second-order valence-electron chi connectivity index (χ2n) is 2.69. The molecular weight excluding hydrogens is 168 g/mol. The third-order valence-corrected chi connectivity index (χ3v) is 1.71. The maximum Gasteiger partial charge on any atom is 0.213 e. The number of ether oxygens (including phenoxy) is 1. The fourth-order valence-electron chi connectivity index (χ4n) is 0.926. The largest absolute Gasteiger partial charge is 0.481 e. The van der Waals surface area contributed by atoms with Crippen LogP contribution in [0.4, 0.5) is 0 Å². The topological polar surface area (TPSA) is 65.2 Å². The molecule has 1 aromatic heterocycles. The lowest BCUT2D eigenvalue weighted by molar-refractivity contribution is -0.118. The lowest BCUT2D eigenvalue weighted by atomic mass is 10.1. The summed E-state index contributed by atoms with van der Waals surface area (Å²) >= 11 is 0. The molecule has 0 bridgehead atoms. The van der Waals surface area contributed by atoms with Crippen molar-refractivity contribution >= 4 is 5.78 Å². The molecule has 2 N–H and O–H groups in total. The summed E-state index contributed by atoms with van der Waals surface area (Å²) in [7, 11) is 1.52. The Morgan fingerprint density at radius 3 is 2.85 bits per heavy atom. The minimum absolute atomic E-state index is 0.110. The highest BCUT2D eigenvalue weighted by Crippen LogP contribution is 2.12. The van der Waals surface area contributed by atoms with Gasteiger partial charge in [-0.1, -0.05) is 6.07 Å². The summed E-state index contributed by atoms with van der Waals surface area (Å²) < 4.78 is 4.91. The van der Waals surface area contributed by atoms with Crippen LogP contribution < -0.4 is 10.5 Å². The molecule has 1 rings (SSSR count). The van der Waals surface area contributed by atoms with E-state index in [0.717, 1.165) is 0 Å². The average Bonchev–Trinajstić information content (AvgIpc) is 2.16. The molecule has 13 heavy (non-hydrogen) atoms. The molecule has 70 valence electrons. The predicted octanol–water partition coefficient (Wildman–Crippen LogP) is 0.679. The van der Waals surface area contributed by atoms with E-state index in [2.05, 4.69) is 4.98 Å². The first-order chi connectivity index (χ1) is 6.15. The Morgan fingerprint density at radius 1 is 1.62 bits per heavy atom. The summed E-state index contributed by atoms with van der Waals surface area (Å²) in [6.45, 7) is 1.44. The average molecular weight is 180 g/mol. The van der Waals surface area contributed by atoms with Crippen molar-refractivity contribution in [3.05, 3.63) is 23.9 Å². The minimum Gasteiger partial charge on any atom is -0.481 e. The second-order valence-corrected chi connectivity index (χ2v) is 2.69. The van der Waals surface area contributed by atoms with Crippen LogP contribution in [0.5, 0.6) is 5.88 Å². The van der Waals surface area contributed by atoms with Gasteiger partial charge in [0.15, 0.2) is 5.78 Å². The van der Waals surface area contributed by atoms with Crippen LogP contribution >= 0.6 is 0 Å². The van der Waals surface area contributed by atoms with Gasteiger partial charge < -0.3 is 10.5 Å². The van der Waals surface area contributed by atoms with Gasteiger partial charge in [0.2, 0.25) is 5.88 Å². The molecule has 0 radical (unpaired) electrons. The number of methoxy groups -OCH3 is 1. The zero-order valence-electron chi connectivity index (χ0n) is 7.65. The van der Waals surface area contributed by atoms with Crippen molar-refractivity contribution in [1.29, 1.82) is 0 Å². The zero-order chi connectivity index (χ0) is 9.84. The highest BCUT2D eigenvalue weighted by molar-refractivity contribution is 5.82. The van der Waals surface area contributed by atoms with E-state index in [9.17, 15) is 4.79 Å². The molecule has 0 aliphatic heterocycles. The highest BCUT2D eigenvalue weighted by Gasteiger charge is 2.12. The molecule has 4 nitrogen and oxygen atoms in total. The molecule has 0 amide bonds. The standard InChI is InChI=1S/C9H12N2O2/c1-6(12)9(10)7-4-3-5-8(11-7)13-2/h3-5,9H,10H2,1-2H3. The number of ketones is 1. The van der Waals surface area contributed by atoms with Gasteiger partial charge in [-0.25, -0.2) is 4.98 Å². The quantitative estimate of drug-likeness (QED) is 0.742. The van der Waals surface area contributed by atoms with E-state index in [1.165, 1.54) is 14.0 Å². The monoisotopic (exact) mass is 180 g/mol. The maximum atomic E-state index is 10.9. The number of aromatic nitrogens is 1. The van der Waals surface area contributed by atoms with Crippen molar-refractivity contribution in [2.24, 2.45) is 5.73 Å². The first-order valence-electron chi connectivity index (χ1n) is 3.92. The molecule has 1 atom stereocenters. The molecule has 4 heteroatoms. The number of hydrogen-bond acceptors (Lipinski definition) is 4. The van der Waals surface area contributed by atoms with E-state index >= 15 is 0 Å². The Hall–Kier alpha value is -1.42. The van der Waals surface area contributed by atoms with Gasteiger partial charge in [0.1, 0.15) is 6.04 Å². The molecule has 1 heterocycles. The molecule has 0 aliphatic carbocycles. The number of nitrogens with two attached hydrogens (primary N) is 1. The molecule has 0 aliphatic rings. The van der Waals surface area contributed by atoms with Crippen LogP contribution in [0.2, 0.25) is 0 Å². The smallest absolute Gasteiger partial charge is 0.213 e. The van der Waals surface area contributed by atoms with Crippen molar-refractivity contribution in [1.82, 2.24) is 4.98 Å². The van der Waals surface area contributed by atoms with Gasteiger partial charge in [-0.15, -0.1) is 0 Å². The zero-order valence-corrected chi connectivity index (χ0v) is 7.65. The van der Waals surface area contributed by atoms with Gasteiger partial charge in [0, 0.05) is 6.07 Å². The lowest BCUT2D eigenvalue weighted by Gasteiger charge is -2.07. The van der Waals surface area contributed by atoms with Crippen LogP contribution in [0.3, 0.4) is 0 Å². The van der Waals surface area contributed by atoms with Gasteiger partial charge in [-0.2, -0.15) is 0 Å². The molecule has 0 saturated carbocycles. The molecule has 1 aromatic rings. The minimum atomic E-state index is -0.657. The van der Waals surface area contributed by atoms with Gasteiger partial charge >= 0.3 is 0 Å². The second kappa shape index (κ2) is 4.00. The normalized spacial score (nSPS) is 12.2. The number of carbonyl (C=O) groups is 1. The van der Waals surface area contributed by atoms with E-state index in [0.29, 0.717) is 11.6 Å². The van der Waals surface area contributed by atoms with E-state index in [-0.39, 0.29) is 5.78 Å². The van der Waals surface area contributed by atoms with Gasteiger partial charge in [0.05, 0.1) is 12.8 Å². The molecule has 1 unspecified atom stereocenters. The molecular formula is C9H12N2O2. The fourth-order valence-corrected chi connectivity index (χ4v) is 0.926. The summed E-state index contributed by atoms with van der Waals surface area (Å²) in [5.74, 6) is 0.356. The maximum absolute atomic E-state index is 10.9. The third-order valence-electron chi connectivity index (χ3n) is 1.71. The van der Waals surface area contributed by atoms with Crippen LogP contribution in [0, 0.1) is 0 Å². The van der Waals surface area contributed by atoms with E-state index in [1.54, 1.807) is 18.2 Å². The Morgan fingerprint density at radius 2 is 2.31 bits per heavy atom. The molecule has 0 aromatic carbocycles. The van der Waals surface area contributed by atoms with Crippen molar-refractivity contribution in [3.8, 4) is 5.88 Å². The Bertz CT molecular complexity index is 312. The van der Waals surface area contributed by atoms with Crippen LogP contribution in [0.25, 0.3) is 0 Å². The van der Waals surface area contributed by atoms with Crippen molar-refractivity contribution < 1.29 is 9.53 Å². The molecule has 0 saturated heterocycles. The van der Waals surface area contributed by atoms with E-state index in [4.69, 9.17) is 10.5 Å². The first-order valence-corrected chi connectivity index (χ1v) is 3.92. The number of hydrogen-bond donors (Lipinski definition) is 1. The number of pyridine rings is 1. The van der Waals surface area contributed by atoms with Crippen molar-refractivity contribution in [3.63, 3.8) is 0 Å². The van der Waals surface area contributed by atoms with Crippen LogP contribution in [-0.4, -0.2) is 17.9 Å². The van der Waals surface area contributed by atoms with Crippen LogP contribution in [0.15, 0.2) is 18.2 Å².